The average Bonchev–Trinajstić information content (AvgIpc) is 3.26. The Morgan fingerprint density at radius 3 is 2.47 bits per heavy atom. The highest BCUT2D eigenvalue weighted by atomic mass is 35.5. The number of nitrogens with zero attached hydrogens (tertiary/aromatic N) is 2. The van der Waals surface area contributed by atoms with Gasteiger partial charge in [-0.1, -0.05) is 34.5 Å². The average molecular weight is 477 g/mol. The van der Waals surface area contributed by atoms with Gasteiger partial charge in [-0.3, -0.25) is 4.79 Å². The first-order chi connectivity index (χ1) is 14.1. The first-order valence-corrected chi connectivity index (χ1v) is 10.3. The lowest BCUT2D eigenvalue weighted by Gasteiger charge is -2.37. The Labute approximate surface area is 184 Å². The van der Waals surface area contributed by atoms with Crippen LogP contribution in [-0.2, 0) is 4.74 Å². The predicted molar refractivity (Wildman–Crippen MR) is 110 cm³/mol. The molecule has 13 heteroatoms. The van der Waals surface area contributed by atoms with Crippen molar-refractivity contribution in [3.05, 3.63) is 32.0 Å². The molecule has 2 unspecified atom stereocenters. The number of carbonyl (C=O) groups excluding carboxylic acids is 1. The monoisotopic (exact) mass is 476 g/mol. The molecule has 0 saturated carbocycles. The van der Waals surface area contributed by atoms with Crippen molar-refractivity contribution in [2.75, 3.05) is 25.1 Å². The van der Waals surface area contributed by atoms with E-state index in [1.807, 2.05) is 0 Å². The number of thiazole rings is 1. The van der Waals surface area contributed by atoms with E-state index >= 15 is 0 Å². The molecule has 0 radical (unpaired) electrons. The molecular weight excluding hydrogens is 459 g/mol. The summed E-state index contributed by atoms with van der Waals surface area (Å²) >= 11 is 12.9. The van der Waals surface area contributed by atoms with Crippen molar-refractivity contribution in [1.82, 2.24) is 15.3 Å². The Morgan fingerprint density at radius 1 is 1.27 bits per heavy atom. The van der Waals surface area contributed by atoms with E-state index in [-0.39, 0.29) is 38.3 Å². The number of hydrogen-bond acceptors (Lipinski definition) is 7. The minimum absolute atomic E-state index is 0.142. The molecule has 2 atom stereocenters. The van der Waals surface area contributed by atoms with Crippen molar-refractivity contribution in [3.63, 3.8) is 0 Å². The molecule has 1 amide bonds. The van der Waals surface area contributed by atoms with Crippen LogP contribution in [0.15, 0.2) is 0 Å². The Hall–Kier alpha value is -2.34. The molecule has 30 heavy (non-hydrogen) atoms. The number of carboxylic acid groups (broad SMARTS) is 2. The number of aryl methyl sites for hydroxylation is 1. The van der Waals surface area contributed by atoms with Gasteiger partial charge in [0, 0.05) is 25.9 Å². The van der Waals surface area contributed by atoms with Gasteiger partial charge in [0.25, 0.3) is 5.91 Å². The maximum absolute atomic E-state index is 12.6. The minimum Gasteiger partial charge on any atom is -0.477 e. The highest BCUT2D eigenvalue weighted by Gasteiger charge is 2.34. The molecule has 0 spiro atoms. The normalized spacial score (nSPS) is 19.0. The summed E-state index contributed by atoms with van der Waals surface area (Å²) in [4.78, 5) is 43.4. The Morgan fingerprint density at radius 2 is 1.97 bits per heavy atom. The van der Waals surface area contributed by atoms with E-state index in [4.69, 9.17) is 27.9 Å². The molecule has 0 bridgehead atoms. The molecule has 162 valence electrons. The Kier molecular flexibility index (Phi) is 6.56. The molecule has 3 rings (SSSR count). The molecule has 1 aliphatic heterocycles. The van der Waals surface area contributed by atoms with Crippen LogP contribution in [0.5, 0.6) is 0 Å². The van der Waals surface area contributed by atoms with Crippen LogP contribution in [0.4, 0.5) is 5.13 Å². The number of methoxy groups -OCH3 is 1. The van der Waals surface area contributed by atoms with Gasteiger partial charge in [-0.05, 0) is 13.3 Å². The second-order valence-corrected chi connectivity index (χ2v) is 8.36. The van der Waals surface area contributed by atoms with Crippen LogP contribution in [0.3, 0.4) is 0 Å². The maximum atomic E-state index is 12.6. The van der Waals surface area contributed by atoms with Crippen molar-refractivity contribution in [2.24, 2.45) is 0 Å². The molecule has 2 aromatic heterocycles. The Bertz CT molecular complexity index is 975. The molecular formula is C17H18Cl2N4O6S. The summed E-state index contributed by atoms with van der Waals surface area (Å²) in [7, 11) is 1.49. The van der Waals surface area contributed by atoms with Gasteiger partial charge in [-0.15, -0.1) is 0 Å². The first kappa shape index (κ1) is 22.3. The number of piperidine rings is 1. The number of aromatic carboxylic acids is 2. The number of aromatic nitrogens is 2. The number of carbonyl (C=O) groups is 3. The summed E-state index contributed by atoms with van der Waals surface area (Å²) in [6.07, 6.45) is 0.0121. The summed E-state index contributed by atoms with van der Waals surface area (Å²) < 4.78 is 5.50. The molecule has 10 nitrogen and oxygen atoms in total. The largest absolute Gasteiger partial charge is 0.477 e. The van der Waals surface area contributed by atoms with Crippen LogP contribution in [0.2, 0.25) is 10.0 Å². The zero-order valence-corrected chi connectivity index (χ0v) is 18.2. The van der Waals surface area contributed by atoms with Crippen molar-refractivity contribution in [1.29, 1.82) is 0 Å². The summed E-state index contributed by atoms with van der Waals surface area (Å²) in [6.45, 7) is 2.40. The molecule has 0 aliphatic carbocycles. The van der Waals surface area contributed by atoms with E-state index in [0.29, 0.717) is 18.7 Å². The number of anilines is 1. The molecule has 3 heterocycles. The fourth-order valence-corrected chi connectivity index (χ4v) is 4.54. The number of amides is 1. The van der Waals surface area contributed by atoms with Crippen LogP contribution >= 0.6 is 34.5 Å². The fraction of sp³-hybridized carbons (Fsp3) is 0.412. The number of halogens is 2. The lowest BCUT2D eigenvalue weighted by atomic mass is 10.0. The van der Waals surface area contributed by atoms with Gasteiger partial charge in [0.2, 0.25) is 0 Å². The van der Waals surface area contributed by atoms with Crippen molar-refractivity contribution in [3.8, 4) is 0 Å². The molecule has 1 fully saturated rings. The molecule has 1 aliphatic rings. The number of ether oxygens (including phenoxy) is 1. The number of carboxylic acids is 2. The number of aromatic amines is 1. The zero-order chi connectivity index (χ0) is 22.2. The smallest absolute Gasteiger partial charge is 0.356 e. The van der Waals surface area contributed by atoms with Crippen LogP contribution < -0.4 is 10.2 Å². The number of H-pyrrole nitrogens is 1. The summed E-state index contributed by atoms with van der Waals surface area (Å²) in [5.41, 5.74) is 0.242. The molecule has 0 aromatic carbocycles. The first-order valence-electron chi connectivity index (χ1n) is 8.73. The third-order valence-electron chi connectivity index (χ3n) is 4.74. The highest BCUT2D eigenvalue weighted by Crippen LogP contribution is 2.31. The second-order valence-electron chi connectivity index (χ2n) is 6.63. The van der Waals surface area contributed by atoms with Gasteiger partial charge in [0.1, 0.15) is 10.6 Å². The van der Waals surface area contributed by atoms with Gasteiger partial charge in [0.05, 0.1) is 22.2 Å². The van der Waals surface area contributed by atoms with Gasteiger partial charge < -0.3 is 30.2 Å². The van der Waals surface area contributed by atoms with E-state index in [2.05, 4.69) is 15.3 Å². The van der Waals surface area contributed by atoms with Crippen molar-refractivity contribution < 1.29 is 29.3 Å². The van der Waals surface area contributed by atoms with Gasteiger partial charge in [0.15, 0.2) is 10.8 Å². The van der Waals surface area contributed by atoms with Gasteiger partial charge in [-0.2, -0.15) is 0 Å². The van der Waals surface area contributed by atoms with Crippen molar-refractivity contribution in [2.45, 2.75) is 25.5 Å². The second kappa shape index (κ2) is 8.80. The SMILES string of the molecule is COC1CN(c2nc(C(=O)O)c(C(=O)O)s2)CCC1NC(=O)c1[nH]c(C)c(Cl)c1Cl. The van der Waals surface area contributed by atoms with Crippen LogP contribution in [0.25, 0.3) is 0 Å². The number of nitrogens with one attached hydrogen (secondary N) is 2. The van der Waals surface area contributed by atoms with Crippen LogP contribution in [0.1, 0.15) is 42.8 Å². The fourth-order valence-electron chi connectivity index (χ4n) is 3.20. The lowest BCUT2D eigenvalue weighted by molar-refractivity contribution is 0.0539. The third kappa shape index (κ3) is 4.24. The third-order valence-corrected chi connectivity index (χ3v) is 6.79. The highest BCUT2D eigenvalue weighted by molar-refractivity contribution is 7.17. The topological polar surface area (TPSA) is 145 Å². The standard InChI is InChI=1S/C17H18Cl2N4O6S/c1-6-9(18)10(19)11(20-6)14(24)21-7-3-4-23(5-8(7)29-2)17-22-12(15(25)26)13(30-17)16(27)28/h7-8,20H,3-5H2,1-2H3,(H,21,24)(H,25,26)(H,27,28). The van der Waals surface area contributed by atoms with E-state index in [1.165, 1.54) is 7.11 Å². The van der Waals surface area contributed by atoms with E-state index < -0.39 is 29.6 Å². The van der Waals surface area contributed by atoms with E-state index in [0.717, 1.165) is 11.3 Å². The summed E-state index contributed by atoms with van der Waals surface area (Å²) in [6, 6.07) is -0.352. The van der Waals surface area contributed by atoms with Crippen molar-refractivity contribution >= 4 is 57.5 Å². The number of rotatable bonds is 6. The maximum Gasteiger partial charge on any atom is 0.356 e. The molecule has 2 aromatic rings. The zero-order valence-electron chi connectivity index (χ0n) is 15.9. The predicted octanol–water partition coefficient (Wildman–Crippen LogP) is 2.51. The van der Waals surface area contributed by atoms with E-state index in [9.17, 15) is 24.6 Å². The van der Waals surface area contributed by atoms with Gasteiger partial charge >= 0.3 is 11.9 Å². The lowest BCUT2D eigenvalue weighted by Crippen LogP contribution is -2.55. The molecule has 1 saturated heterocycles. The molecule has 4 N–H and O–H groups in total. The summed E-state index contributed by atoms with van der Waals surface area (Å²) in [5.74, 6) is -3.18. The minimum atomic E-state index is -1.41. The van der Waals surface area contributed by atoms with Crippen LogP contribution in [0, 0.1) is 6.92 Å². The van der Waals surface area contributed by atoms with E-state index in [1.54, 1.807) is 11.8 Å². The Balaban J connectivity index is 1.74. The number of hydrogen-bond donors (Lipinski definition) is 4. The van der Waals surface area contributed by atoms with Gasteiger partial charge in [-0.25, -0.2) is 14.6 Å². The van der Waals surface area contributed by atoms with Crippen LogP contribution in [-0.4, -0.2) is 70.4 Å². The quantitative estimate of drug-likeness (QED) is 0.497. The summed E-state index contributed by atoms with van der Waals surface area (Å²) in [5, 5.41) is 22.0.